The van der Waals surface area contributed by atoms with E-state index in [-0.39, 0.29) is 42.6 Å². The molecule has 0 radical (unpaired) electrons. The van der Waals surface area contributed by atoms with Crippen molar-refractivity contribution in [1.29, 1.82) is 0 Å². The first-order valence-corrected chi connectivity index (χ1v) is 9.29. The molecule has 0 spiro atoms. The third-order valence-corrected chi connectivity index (χ3v) is 5.71. The summed E-state index contributed by atoms with van der Waals surface area (Å²) in [5.41, 5.74) is 1.48. The number of nitrogens with zero attached hydrogens (tertiary/aromatic N) is 1. The SMILES string of the molecule is Cl.Cl.O=C(NC1CC2CCC(C1)N2)c1csc(Cc2ccc(F)cc2)n1. The first-order valence-electron chi connectivity index (χ1n) is 8.41. The number of fused-ring (bicyclic) bond motifs is 2. The van der Waals surface area contributed by atoms with Crippen LogP contribution in [0.25, 0.3) is 0 Å². The highest BCUT2D eigenvalue weighted by molar-refractivity contribution is 7.09. The van der Waals surface area contributed by atoms with Crippen LogP contribution in [0.4, 0.5) is 4.39 Å². The van der Waals surface area contributed by atoms with E-state index in [1.54, 1.807) is 12.1 Å². The Bertz CT molecular complexity index is 728. The van der Waals surface area contributed by atoms with Crippen molar-refractivity contribution in [2.24, 2.45) is 0 Å². The highest BCUT2D eigenvalue weighted by atomic mass is 35.5. The molecule has 2 aliphatic rings. The lowest BCUT2D eigenvalue weighted by atomic mass is 10.00. The average molecular weight is 418 g/mol. The Balaban J connectivity index is 0.00000121. The molecule has 2 N–H and O–H groups in total. The van der Waals surface area contributed by atoms with Crippen molar-refractivity contribution in [3.63, 3.8) is 0 Å². The number of nitrogens with one attached hydrogen (secondary N) is 2. The Kier molecular flexibility index (Phi) is 7.41. The van der Waals surface area contributed by atoms with Crippen LogP contribution in [0, 0.1) is 5.82 Å². The van der Waals surface area contributed by atoms with Crippen molar-refractivity contribution in [1.82, 2.24) is 15.6 Å². The lowest BCUT2D eigenvalue weighted by Crippen LogP contribution is -2.48. The Morgan fingerprint density at radius 3 is 2.50 bits per heavy atom. The second-order valence-electron chi connectivity index (χ2n) is 6.71. The van der Waals surface area contributed by atoms with E-state index in [2.05, 4.69) is 15.6 Å². The van der Waals surface area contributed by atoms with E-state index in [1.807, 2.05) is 5.38 Å². The number of benzene rings is 1. The van der Waals surface area contributed by atoms with Gasteiger partial charge in [-0.05, 0) is 43.4 Å². The summed E-state index contributed by atoms with van der Waals surface area (Å²) in [4.78, 5) is 16.9. The molecule has 1 amide bonds. The molecule has 1 aromatic carbocycles. The molecule has 2 saturated heterocycles. The van der Waals surface area contributed by atoms with Crippen molar-refractivity contribution in [3.8, 4) is 0 Å². The lowest BCUT2D eigenvalue weighted by molar-refractivity contribution is 0.0919. The van der Waals surface area contributed by atoms with Crippen LogP contribution in [0.5, 0.6) is 0 Å². The minimum absolute atomic E-state index is 0. The molecule has 2 aromatic rings. The summed E-state index contributed by atoms with van der Waals surface area (Å²) in [6.07, 6.45) is 5.07. The second-order valence-corrected chi connectivity index (χ2v) is 7.65. The summed E-state index contributed by atoms with van der Waals surface area (Å²) >= 11 is 1.47. The van der Waals surface area contributed by atoms with Gasteiger partial charge in [-0.3, -0.25) is 4.79 Å². The Hall–Kier alpha value is -1.21. The summed E-state index contributed by atoms with van der Waals surface area (Å²) in [7, 11) is 0. The van der Waals surface area contributed by atoms with Crippen molar-refractivity contribution in [2.75, 3.05) is 0 Å². The van der Waals surface area contributed by atoms with E-state index in [1.165, 1.54) is 36.3 Å². The quantitative estimate of drug-likeness (QED) is 0.796. The number of carbonyl (C=O) groups excluding carboxylic acids is 1. The fourth-order valence-electron chi connectivity index (χ4n) is 3.71. The standard InChI is InChI=1S/C18H20FN3OS.2ClH/c19-12-3-1-11(2-4-12)7-17-22-16(10-24-17)18(23)21-15-8-13-5-6-14(9-15)20-13;;/h1-4,10,13-15,20H,5-9H2,(H,21,23);2*1H. The molecule has 26 heavy (non-hydrogen) atoms. The summed E-state index contributed by atoms with van der Waals surface area (Å²) in [5.74, 6) is -0.322. The Labute approximate surface area is 168 Å². The zero-order valence-corrected chi connectivity index (χ0v) is 16.6. The predicted octanol–water partition coefficient (Wildman–Crippen LogP) is 3.73. The molecule has 2 atom stereocenters. The number of hydrogen-bond acceptors (Lipinski definition) is 4. The van der Waals surface area contributed by atoms with Gasteiger partial charge in [0.15, 0.2) is 0 Å². The fraction of sp³-hybridized carbons (Fsp3) is 0.444. The number of rotatable bonds is 4. The monoisotopic (exact) mass is 417 g/mol. The number of amides is 1. The smallest absolute Gasteiger partial charge is 0.270 e. The van der Waals surface area contributed by atoms with E-state index in [0.717, 1.165) is 23.4 Å². The van der Waals surface area contributed by atoms with Gasteiger partial charge in [0.05, 0.1) is 5.01 Å². The van der Waals surface area contributed by atoms with Crippen molar-refractivity contribution in [3.05, 3.63) is 51.7 Å². The molecule has 3 heterocycles. The fourth-order valence-corrected chi connectivity index (χ4v) is 4.52. The zero-order chi connectivity index (χ0) is 16.5. The molecule has 2 fully saturated rings. The molecule has 8 heteroatoms. The molecule has 0 aliphatic carbocycles. The molecule has 2 unspecified atom stereocenters. The average Bonchev–Trinajstić information content (AvgIpc) is 3.16. The van der Waals surface area contributed by atoms with Crippen molar-refractivity contribution in [2.45, 2.75) is 50.2 Å². The van der Waals surface area contributed by atoms with Gasteiger partial charge >= 0.3 is 0 Å². The van der Waals surface area contributed by atoms with Crippen LogP contribution in [-0.2, 0) is 6.42 Å². The van der Waals surface area contributed by atoms with E-state index >= 15 is 0 Å². The zero-order valence-electron chi connectivity index (χ0n) is 14.1. The predicted molar refractivity (Wildman–Crippen MR) is 106 cm³/mol. The minimum atomic E-state index is -0.242. The van der Waals surface area contributed by atoms with Gasteiger partial charge in [-0.1, -0.05) is 12.1 Å². The van der Waals surface area contributed by atoms with Crippen LogP contribution in [0.15, 0.2) is 29.6 Å². The van der Waals surface area contributed by atoms with Gasteiger partial charge in [-0.2, -0.15) is 0 Å². The van der Waals surface area contributed by atoms with Gasteiger partial charge in [0.1, 0.15) is 11.5 Å². The number of hydrogen-bond donors (Lipinski definition) is 2. The van der Waals surface area contributed by atoms with Crippen molar-refractivity contribution < 1.29 is 9.18 Å². The van der Waals surface area contributed by atoms with Gasteiger partial charge in [0.25, 0.3) is 5.91 Å². The maximum Gasteiger partial charge on any atom is 0.270 e. The summed E-state index contributed by atoms with van der Waals surface area (Å²) in [6.45, 7) is 0. The van der Waals surface area contributed by atoms with Crippen molar-refractivity contribution >= 4 is 42.1 Å². The summed E-state index contributed by atoms with van der Waals surface area (Å²) in [6, 6.07) is 7.75. The maximum absolute atomic E-state index is 12.9. The second kappa shape index (κ2) is 9.13. The first kappa shape index (κ1) is 21.1. The van der Waals surface area contributed by atoms with Crippen LogP contribution in [0.1, 0.15) is 46.7 Å². The third kappa shape index (κ3) is 4.94. The molecular weight excluding hydrogens is 396 g/mol. The summed E-state index contributed by atoms with van der Waals surface area (Å²) in [5, 5.41) is 9.40. The third-order valence-electron chi connectivity index (χ3n) is 4.86. The molecule has 4 rings (SSSR count). The van der Waals surface area contributed by atoms with E-state index in [9.17, 15) is 9.18 Å². The van der Waals surface area contributed by atoms with E-state index < -0.39 is 0 Å². The molecule has 142 valence electrons. The topological polar surface area (TPSA) is 54.0 Å². The van der Waals surface area contributed by atoms with Gasteiger partial charge in [-0.25, -0.2) is 9.37 Å². The lowest BCUT2D eigenvalue weighted by Gasteiger charge is -2.29. The van der Waals surface area contributed by atoms with Crippen LogP contribution in [-0.4, -0.2) is 29.0 Å². The van der Waals surface area contributed by atoms with Gasteiger partial charge in [-0.15, -0.1) is 36.2 Å². The largest absolute Gasteiger partial charge is 0.348 e. The van der Waals surface area contributed by atoms with Crippen LogP contribution in [0.2, 0.25) is 0 Å². The minimum Gasteiger partial charge on any atom is -0.348 e. The van der Waals surface area contributed by atoms with Gasteiger partial charge < -0.3 is 10.6 Å². The van der Waals surface area contributed by atoms with Crippen LogP contribution < -0.4 is 10.6 Å². The normalized spacial score (nSPS) is 23.7. The highest BCUT2D eigenvalue weighted by Gasteiger charge is 2.34. The molecule has 1 aromatic heterocycles. The molecule has 2 aliphatic heterocycles. The molecular formula is C18H22Cl2FN3OS. The number of piperidine rings is 1. The Morgan fingerprint density at radius 2 is 1.85 bits per heavy atom. The number of halogens is 3. The molecule has 0 saturated carbocycles. The Morgan fingerprint density at radius 1 is 1.19 bits per heavy atom. The number of carbonyl (C=O) groups is 1. The van der Waals surface area contributed by atoms with Crippen LogP contribution in [0.3, 0.4) is 0 Å². The number of thiazole rings is 1. The molecule has 4 nitrogen and oxygen atoms in total. The maximum atomic E-state index is 12.9. The van der Waals surface area contributed by atoms with E-state index in [4.69, 9.17) is 0 Å². The van der Waals surface area contributed by atoms with Gasteiger partial charge in [0, 0.05) is 29.9 Å². The molecule has 2 bridgehead atoms. The highest BCUT2D eigenvalue weighted by Crippen LogP contribution is 2.27. The first-order chi connectivity index (χ1) is 11.7. The van der Waals surface area contributed by atoms with E-state index in [0.29, 0.717) is 24.2 Å². The number of aromatic nitrogens is 1. The summed E-state index contributed by atoms with van der Waals surface area (Å²) < 4.78 is 12.9. The van der Waals surface area contributed by atoms with Crippen LogP contribution >= 0.6 is 36.2 Å². The van der Waals surface area contributed by atoms with Gasteiger partial charge in [0.2, 0.25) is 0 Å².